The summed E-state index contributed by atoms with van der Waals surface area (Å²) >= 11 is 0. The highest BCUT2D eigenvalue weighted by atomic mass is 32.2. The van der Waals surface area contributed by atoms with Crippen LogP contribution in [-0.2, 0) is 14.8 Å². The Morgan fingerprint density at radius 1 is 1.50 bits per heavy atom. The zero-order valence-corrected chi connectivity index (χ0v) is 10.9. The average Bonchev–Trinajstić information content (AvgIpc) is 2.28. The Morgan fingerprint density at radius 3 is 2.78 bits per heavy atom. The SMILES string of the molecule is C=C(C)COCCNS(=O)(=O)c1ccc(=O)[nH]c1. The van der Waals surface area contributed by atoms with Gasteiger partial charge in [-0.25, -0.2) is 13.1 Å². The van der Waals surface area contributed by atoms with E-state index in [0.717, 1.165) is 17.8 Å². The fourth-order valence-electron chi connectivity index (χ4n) is 1.14. The van der Waals surface area contributed by atoms with E-state index in [-0.39, 0.29) is 23.6 Å². The van der Waals surface area contributed by atoms with Crippen LogP contribution in [0.4, 0.5) is 0 Å². The summed E-state index contributed by atoms with van der Waals surface area (Å²) in [6.07, 6.45) is 1.15. The number of sulfonamides is 1. The number of pyridine rings is 1. The lowest BCUT2D eigenvalue weighted by Crippen LogP contribution is -2.28. The molecule has 2 N–H and O–H groups in total. The molecule has 0 bridgehead atoms. The third kappa shape index (κ3) is 4.82. The van der Waals surface area contributed by atoms with Crippen LogP contribution in [0.2, 0.25) is 0 Å². The van der Waals surface area contributed by atoms with Gasteiger partial charge in [-0.15, -0.1) is 0 Å². The predicted octanol–water partition coefficient (Wildman–Crippen LogP) is 0.246. The van der Waals surface area contributed by atoms with E-state index in [4.69, 9.17) is 4.74 Å². The van der Waals surface area contributed by atoms with Gasteiger partial charge in [-0.05, 0) is 13.0 Å². The van der Waals surface area contributed by atoms with Gasteiger partial charge < -0.3 is 9.72 Å². The Morgan fingerprint density at radius 2 is 2.22 bits per heavy atom. The maximum Gasteiger partial charge on any atom is 0.247 e. The van der Waals surface area contributed by atoms with Gasteiger partial charge in [0.1, 0.15) is 0 Å². The molecule has 1 aromatic rings. The molecule has 0 aromatic carbocycles. The fraction of sp³-hybridized carbons (Fsp3) is 0.364. The number of ether oxygens (including phenoxy) is 1. The molecule has 0 spiro atoms. The molecule has 0 radical (unpaired) electrons. The van der Waals surface area contributed by atoms with Crippen LogP contribution in [-0.4, -0.2) is 33.2 Å². The van der Waals surface area contributed by atoms with Crippen molar-refractivity contribution in [3.8, 4) is 0 Å². The van der Waals surface area contributed by atoms with Crippen LogP contribution >= 0.6 is 0 Å². The van der Waals surface area contributed by atoms with Crippen LogP contribution in [0.5, 0.6) is 0 Å². The van der Waals surface area contributed by atoms with Crippen LogP contribution in [0.3, 0.4) is 0 Å². The van der Waals surface area contributed by atoms with E-state index in [1.807, 2.05) is 6.92 Å². The van der Waals surface area contributed by atoms with Crippen LogP contribution in [0.15, 0.2) is 40.2 Å². The number of aromatic amines is 1. The van der Waals surface area contributed by atoms with Crippen molar-refractivity contribution in [2.45, 2.75) is 11.8 Å². The monoisotopic (exact) mass is 272 g/mol. The molecule has 0 amide bonds. The molecule has 1 aromatic heterocycles. The highest BCUT2D eigenvalue weighted by Gasteiger charge is 2.12. The molecule has 6 nitrogen and oxygen atoms in total. The van der Waals surface area contributed by atoms with Gasteiger partial charge in [0, 0.05) is 18.8 Å². The molecule has 0 atom stereocenters. The standard InChI is InChI=1S/C11H16N2O4S/c1-9(2)8-17-6-5-13-18(15,16)10-3-4-11(14)12-7-10/h3-4,7,13H,1,5-6,8H2,2H3,(H,12,14). The zero-order chi connectivity index (χ0) is 13.6. The lowest BCUT2D eigenvalue weighted by atomic mass is 10.4. The van der Waals surface area contributed by atoms with Gasteiger partial charge in [0.05, 0.1) is 18.1 Å². The molecule has 0 aliphatic rings. The smallest absolute Gasteiger partial charge is 0.247 e. The van der Waals surface area contributed by atoms with E-state index in [9.17, 15) is 13.2 Å². The summed E-state index contributed by atoms with van der Waals surface area (Å²) in [5.41, 5.74) is 0.525. The van der Waals surface area contributed by atoms with Gasteiger partial charge in [-0.3, -0.25) is 4.79 Å². The number of hydrogen-bond donors (Lipinski definition) is 2. The maximum atomic E-state index is 11.7. The van der Waals surface area contributed by atoms with E-state index in [2.05, 4.69) is 16.3 Å². The molecule has 1 rings (SSSR count). The van der Waals surface area contributed by atoms with Crippen molar-refractivity contribution < 1.29 is 13.2 Å². The van der Waals surface area contributed by atoms with E-state index in [1.165, 1.54) is 6.07 Å². The number of rotatable bonds is 7. The van der Waals surface area contributed by atoms with Gasteiger partial charge in [0.2, 0.25) is 15.6 Å². The Balaban J connectivity index is 2.48. The van der Waals surface area contributed by atoms with Gasteiger partial charge in [-0.1, -0.05) is 12.2 Å². The van der Waals surface area contributed by atoms with Gasteiger partial charge in [-0.2, -0.15) is 0 Å². The minimum absolute atomic E-state index is 0.0157. The summed E-state index contributed by atoms with van der Waals surface area (Å²) in [7, 11) is -3.60. The van der Waals surface area contributed by atoms with E-state index >= 15 is 0 Å². The molecule has 0 aliphatic heterocycles. The third-order valence-corrected chi connectivity index (χ3v) is 3.41. The van der Waals surface area contributed by atoms with Crippen molar-refractivity contribution in [2.75, 3.05) is 19.8 Å². The zero-order valence-electron chi connectivity index (χ0n) is 10.1. The van der Waals surface area contributed by atoms with E-state index in [1.54, 1.807) is 0 Å². The molecule has 100 valence electrons. The van der Waals surface area contributed by atoms with Crippen LogP contribution in [0.25, 0.3) is 0 Å². The highest BCUT2D eigenvalue weighted by molar-refractivity contribution is 7.89. The molecule has 0 fully saturated rings. The molecule has 18 heavy (non-hydrogen) atoms. The molecule has 0 aliphatic carbocycles. The molecule has 7 heteroatoms. The summed E-state index contributed by atoms with van der Waals surface area (Å²) in [4.78, 5) is 13.1. The number of hydrogen-bond acceptors (Lipinski definition) is 4. The van der Waals surface area contributed by atoms with Crippen molar-refractivity contribution >= 4 is 10.0 Å². The number of aromatic nitrogens is 1. The van der Waals surface area contributed by atoms with Crippen LogP contribution in [0.1, 0.15) is 6.92 Å². The topological polar surface area (TPSA) is 88.3 Å². The van der Waals surface area contributed by atoms with Gasteiger partial charge in [0.15, 0.2) is 0 Å². The van der Waals surface area contributed by atoms with Gasteiger partial charge in [0.25, 0.3) is 0 Å². The quantitative estimate of drug-likeness (QED) is 0.550. The highest BCUT2D eigenvalue weighted by Crippen LogP contribution is 2.03. The minimum atomic E-state index is -3.60. The predicted molar refractivity (Wildman–Crippen MR) is 67.9 cm³/mol. The van der Waals surface area contributed by atoms with E-state index in [0.29, 0.717) is 6.61 Å². The summed E-state index contributed by atoms with van der Waals surface area (Å²) in [6, 6.07) is 2.40. The molecule has 0 saturated heterocycles. The van der Waals surface area contributed by atoms with Gasteiger partial charge >= 0.3 is 0 Å². The lowest BCUT2D eigenvalue weighted by molar-refractivity contribution is 0.162. The maximum absolute atomic E-state index is 11.7. The summed E-state index contributed by atoms with van der Waals surface area (Å²) < 4.78 is 31.0. The molecule has 0 saturated carbocycles. The Hall–Kier alpha value is -1.44. The Bertz CT molecular complexity index is 542. The van der Waals surface area contributed by atoms with Crippen LogP contribution < -0.4 is 10.3 Å². The van der Waals surface area contributed by atoms with Crippen molar-refractivity contribution in [2.24, 2.45) is 0 Å². The van der Waals surface area contributed by atoms with E-state index < -0.39 is 10.0 Å². The second kappa shape index (κ2) is 6.48. The summed E-state index contributed by atoms with van der Waals surface area (Å²) in [6.45, 7) is 6.31. The number of nitrogens with one attached hydrogen (secondary N) is 2. The molecular formula is C11H16N2O4S. The second-order valence-corrected chi connectivity index (χ2v) is 5.56. The Labute approximate surface area is 106 Å². The third-order valence-electron chi connectivity index (χ3n) is 1.95. The summed E-state index contributed by atoms with van der Waals surface area (Å²) in [5, 5.41) is 0. The van der Waals surface area contributed by atoms with Crippen LogP contribution in [0, 0.1) is 0 Å². The first-order valence-corrected chi connectivity index (χ1v) is 6.80. The first-order valence-electron chi connectivity index (χ1n) is 5.32. The average molecular weight is 272 g/mol. The van der Waals surface area contributed by atoms with Crippen molar-refractivity contribution in [3.63, 3.8) is 0 Å². The molecule has 1 heterocycles. The summed E-state index contributed by atoms with van der Waals surface area (Å²) in [5.74, 6) is 0. The first kappa shape index (κ1) is 14.6. The van der Waals surface area contributed by atoms with Crippen molar-refractivity contribution in [1.82, 2.24) is 9.71 Å². The fourth-order valence-corrected chi connectivity index (χ4v) is 2.12. The normalized spacial score (nSPS) is 11.4. The lowest BCUT2D eigenvalue weighted by Gasteiger charge is -2.07. The second-order valence-electron chi connectivity index (χ2n) is 3.80. The molecule has 0 unspecified atom stereocenters. The number of H-pyrrole nitrogens is 1. The first-order chi connectivity index (χ1) is 8.42. The molecular weight excluding hydrogens is 256 g/mol. The van der Waals surface area contributed by atoms with Crippen molar-refractivity contribution in [1.29, 1.82) is 0 Å². The minimum Gasteiger partial charge on any atom is -0.376 e. The Kier molecular flexibility index (Phi) is 5.26. The van der Waals surface area contributed by atoms with Crippen molar-refractivity contribution in [3.05, 3.63) is 40.8 Å². The largest absolute Gasteiger partial charge is 0.376 e.